The Morgan fingerprint density at radius 3 is 1.58 bits per heavy atom. The van der Waals surface area contributed by atoms with Crippen molar-refractivity contribution in [1.82, 2.24) is 0 Å². The normalized spacial score (nSPS) is 35.3. The van der Waals surface area contributed by atoms with Gasteiger partial charge in [-0.2, -0.15) is 0 Å². The molecule has 2 rings (SSSR count). The minimum Gasteiger partial charge on any atom is -0.371 e. The standard InChI is InChI=1S/C10H14O2/c1-3-7-11-9(5-1)10-6-2-4-8-12-10/h1-4,9-10H,5-8H2/t9-,10+. The smallest absolute Gasteiger partial charge is 0.0878 e. The Labute approximate surface area is 72.9 Å². The van der Waals surface area contributed by atoms with Crippen LogP contribution in [0.3, 0.4) is 0 Å². The van der Waals surface area contributed by atoms with E-state index in [-0.39, 0.29) is 12.2 Å². The van der Waals surface area contributed by atoms with Gasteiger partial charge in [-0.25, -0.2) is 0 Å². The molecule has 2 atom stereocenters. The van der Waals surface area contributed by atoms with Crippen molar-refractivity contribution in [2.75, 3.05) is 13.2 Å². The molecule has 0 bridgehead atoms. The van der Waals surface area contributed by atoms with Crippen LogP contribution in [0.2, 0.25) is 0 Å². The first-order valence-corrected chi connectivity index (χ1v) is 4.50. The lowest BCUT2D eigenvalue weighted by molar-refractivity contribution is -0.0629. The molecule has 0 aliphatic carbocycles. The molecule has 2 heteroatoms. The maximum absolute atomic E-state index is 5.57. The van der Waals surface area contributed by atoms with E-state index in [2.05, 4.69) is 24.3 Å². The van der Waals surface area contributed by atoms with E-state index in [4.69, 9.17) is 9.47 Å². The predicted octanol–water partition coefficient (Wildman–Crippen LogP) is 1.68. The van der Waals surface area contributed by atoms with Crippen molar-refractivity contribution >= 4 is 0 Å². The van der Waals surface area contributed by atoms with Crippen LogP contribution < -0.4 is 0 Å². The number of rotatable bonds is 1. The van der Waals surface area contributed by atoms with Gasteiger partial charge in [0.2, 0.25) is 0 Å². The summed E-state index contributed by atoms with van der Waals surface area (Å²) in [6, 6.07) is 0. The molecule has 0 fully saturated rings. The van der Waals surface area contributed by atoms with Crippen LogP contribution in [0.15, 0.2) is 24.3 Å². The van der Waals surface area contributed by atoms with Gasteiger partial charge in [0.05, 0.1) is 25.4 Å². The van der Waals surface area contributed by atoms with Crippen LogP contribution in [0.25, 0.3) is 0 Å². The molecule has 2 nitrogen and oxygen atoms in total. The van der Waals surface area contributed by atoms with Crippen molar-refractivity contribution in [2.45, 2.75) is 25.0 Å². The molecule has 12 heavy (non-hydrogen) atoms. The summed E-state index contributed by atoms with van der Waals surface area (Å²) in [4.78, 5) is 0. The van der Waals surface area contributed by atoms with E-state index in [1.807, 2.05) is 0 Å². The van der Waals surface area contributed by atoms with Crippen molar-refractivity contribution in [3.63, 3.8) is 0 Å². The van der Waals surface area contributed by atoms with Crippen LogP contribution >= 0.6 is 0 Å². The molecule has 0 radical (unpaired) electrons. The molecule has 2 heterocycles. The van der Waals surface area contributed by atoms with Gasteiger partial charge in [-0.15, -0.1) is 0 Å². The molecular weight excluding hydrogens is 152 g/mol. The average Bonchev–Trinajstić information content (AvgIpc) is 2.21. The minimum atomic E-state index is 0.278. The van der Waals surface area contributed by atoms with Crippen molar-refractivity contribution in [3.05, 3.63) is 24.3 Å². The van der Waals surface area contributed by atoms with Crippen LogP contribution in [-0.2, 0) is 9.47 Å². The van der Waals surface area contributed by atoms with Crippen molar-refractivity contribution < 1.29 is 9.47 Å². The van der Waals surface area contributed by atoms with E-state index in [0.717, 1.165) is 26.1 Å². The molecule has 0 aromatic carbocycles. The van der Waals surface area contributed by atoms with Gasteiger partial charge < -0.3 is 9.47 Å². The zero-order valence-electron chi connectivity index (χ0n) is 7.11. The van der Waals surface area contributed by atoms with E-state index in [1.54, 1.807) is 0 Å². The zero-order valence-corrected chi connectivity index (χ0v) is 7.11. The summed E-state index contributed by atoms with van der Waals surface area (Å²) in [5, 5.41) is 0. The summed E-state index contributed by atoms with van der Waals surface area (Å²) in [6.45, 7) is 1.49. The molecule has 0 N–H and O–H groups in total. The second-order valence-corrected chi connectivity index (χ2v) is 3.16. The first kappa shape index (κ1) is 8.02. The summed E-state index contributed by atoms with van der Waals surface area (Å²) in [5.74, 6) is 0. The summed E-state index contributed by atoms with van der Waals surface area (Å²) in [5.41, 5.74) is 0. The topological polar surface area (TPSA) is 18.5 Å². The summed E-state index contributed by atoms with van der Waals surface area (Å²) in [7, 11) is 0. The van der Waals surface area contributed by atoms with Crippen molar-refractivity contribution in [2.24, 2.45) is 0 Å². The first-order valence-electron chi connectivity index (χ1n) is 4.50. The van der Waals surface area contributed by atoms with Gasteiger partial charge in [-0.05, 0) is 12.8 Å². The summed E-state index contributed by atoms with van der Waals surface area (Å²) >= 11 is 0. The largest absolute Gasteiger partial charge is 0.371 e. The maximum atomic E-state index is 5.57. The van der Waals surface area contributed by atoms with Crippen molar-refractivity contribution in [1.29, 1.82) is 0 Å². The Hall–Kier alpha value is -0.600. The Kier molecular flexibility index (Phi) is 2.59. The van der Waals surface area contributed by atoms with E-state index >= 15 is 0 Å². The maximum Gasteiger partial charge on any atom is 0.0878 e. The van der Waals surface area contributed by atoms with Crippen LogP contribution in [-0.4, -0.2) is 25.4 Å². The molecule has 0 amide bonds. The molecule has 66 valence electrons. The highest BCUT2D eigenvalue weighted by atomic mass is 16.5. The monoisotopic (exact) mass is 166 g/mol. The number of hydrogen-bond acceptors (Lipinski definition) is 2. The highest BCUT2D eigenvalue weighted by molar-refractivity contribution is 4.97. The third-order valence-corrected chi connectivity index (χ3v) is 2.30. The molecule has 2 aliphatic heterocycles. The van der Waals surface area contributed by atoms with Gasteiger partial charge >= 0.3 is 0 Å². The van der Waals surface area contributed by atoms with E-state index < -0.39 is 0 Å². The summed E-state index contributed by atoms with van der Waals surface area (Å²) in [6.07, 6.45) is 11.0. The van der Waals surface area contributed by atoms with Gasteiger partial charge in [0.1, 0.15) is 0 Å². The van der Waals surface area contributed by atoms with Gasteiger partial charge in [0.15, 0.2) is 0 Å². The summed E-state index contributed by atoms with van der Waals surface area (Å²) < 4.78 is 11.1. The molecule has 0 aromatic heterocycles. The minimum absolute atomic E-state index is 0.278. The lowest BCUT2D eigenvalue weighted by Gasteiger charge is -2.28. The fourth-order valence-corrected chi connectivity index (χ4v) is 1.61. The zero-order chi connectivity index (χ0) is 8.23. The predicted molar refractivity (Wildman–Crippen MR) is 47.0 cm³/mol. The average molecular weight is 166 g/mol. The second kappa shape index (κ2) is 3.87. The number of hydrogen-bond donors (Lipinski definition) is 0. The second-order valence-electron chi connectivity index (χ2n) is 3.16. The van der Waals surface area contributed by atoms with Gasteiger partial charge in [0, 0.05) is 0 Å². The Morgan fingerprint density at radius 1 is 0.750 bits per heavy atom. The molecule has 0 saturated carbocycles. The van der Waals surface area contributed by atoms with Gasteiger partial charge in [-0.1, -0.05) is 24.3 Å². The SMILES string of the molecule is C1=CC[C@@H]([C@H]2CC=CCO2)OC1. The Balaban J connectivity index is 1.90. The fraction of sp³-hybridized carbons (Fsp3) is 0.600. The number of ether oxygens (including phenoxy) is 2. The van der Waals surface area contributed by atoms with Crippen LogP contribution in [0.4, 0.5) is 0 Å². The van der Waals surface area contributed by atoms with Crippen LogP contribution in [0.5, 0.6) is 0 Å². The highest BCUT2D eigenvalue weighted by Crippen LogP contribution is 2.18. The fourth-order valence-electron chi connectivity index (χ4n) is 1.61. The molecule has 0 unspecified atom stereocenters. The van der Waals surface area contributed by atoms with E-state index in [0.29, 0.717) is 0 Å². The highest BCUT2D eigenvalue weighted by Gasteiger charge is 2.23. The van der Waals surface area contributed by atoms with Gasteiger partial charge in [-0.3, -0.25) is 0 Å². The Morgan fingerprint density at radius 2 is 1.25 bits per heavy atom. The first-order chi connectivity index (χ1) is 5.97. The molecular formula is C10H14O2. The molecule has 0 aromatic rings. The molecule has 0 saturated heterocycles. The third kappa shape index (κ3) is 1.76. The molecule has 0 spiro atoms. The third-order valence-electron chi connectivity index (χ3n) is 2.30. The lowest BCUT2D eigenvalue weighted by Crippen LogP contribution is -2.34. The Bertz CT molecular complexity index is 174. The quantitative estimate of drug-likeness (QED) is 0.552. The van der Waals surface area contributed by atoms with Crippen LogP contribution in [0, 0.1) is 0 Å². The van der Waals surface area contributed by atoms with Crippen molar-refractivity contribution in [3.8, 4) is 0 Å². The van der Waals surface area contributed by atoms with E-state index in [9.17, 15) is 0 Å². The van der Waals surface area contributed by atoms with Gasteiger partial charge in [0.25, 0.3) is 0 Å². The van der Waals surface area contributed by atoms with Crippen LogP contribution in [0.1, 0.15) is 12.8 Å². The van der Waals surface area contributed by atoms with E-state index in [1.165, 1.54) is 0 Å². The lowest BCUT2D eigenvalue weighted by atomic mass is 10.0. The molecule has 2 aliphatic rings.